The van der Waals surface area contributed by atoms with Gasteiger partial charge in [0, 0.05) is 29.7 Å². The van der Waals surface area contributed by atoms with Crippen LogP contribution in [0.2, 0.25) is 0 Å². The van der Waals surface area contributed by atoms with Crippen molar-refractivity contribution < 1.29 is 9.13 Å². The fourth-order valence-corrected chi connectivity index (χ4v) is 9.28. The van der Waals surface area contributed by atoms with E-state index in [0.29, 0.717) is 0 Å². The number of benzene rings is 5. The molecule has 0 saturated carbocycles. The average molecular weight is 731 g/mol. The number of aromatic nitrogens is 2. The molecule has 1 aliphatic heterocycles. The summed E-state index contributed by atoms with van der Waals surface area (Å²) in [5.41, 5.74) is 20.0. The van der Waals surface area contributed by atoms with Gasteiger partial charge in [0.25, 0.3) is 0 Å². The van der Waals surface area contributed by atoms with Crippen molar-refractivity contribution in [1.82, 2.24) is 0 Å². The third-order valence-electron chi connectivity index (χ3n) is 12.6. The highest BCUT2D eigenvalue weighted by Crippen LogP contribution is 2.53. The van der Waals surface area contributed by atoms with Gasteiger partial charge in [-0.05, 0) is 108 Å². The molecule has 2 nitrogen and oxygen atoms in total. The SMILES string of the molecule is C[n+]1ccc(C(C)(C)C)cc1-c1cc(-c2ccccc2)ccc1C/C=C1/Cc2cc3c(cc2-c2cc(C(C)(C)C)cc[n+]21)C(C)(C)c1c-3ccc2ccccc12. The van der Waals surface area contributed by atoms with Crippen molar-refractivity contribution in [3.63, 3.8) is 0 Å². The summed E-state index contributed by atoms with van der Waals surface area (Å²) in [6, 6.07) is 46.0. The number of fused-ring (bicyclic) bond motifs is 8. The Kier molecular flexibility index (Phi) is 8.36. The van der Waals surface area contributed by atoms with Gasteiger partial charge in [0.2, 0.25) is 11.4 Å². The van der Waals surface area contributed by atoms with Crippen molar-refractivity contribution in [2.45, 2.75) is 84.5 Å². The van der Waals surface area contributed by atoms with Crippen LogP contribution in [0.15, 0.2) is 140 Å². The van der Waals surface area contributed by atoms with Crippen LogP contribution in [0.3, 0.4) is 0 Å². The highest BCUT2D eigenvalue weighted by molar-refractivity contribution is 5.98. The summed E-state index contributed by atoms with van der Waals surface area (Å²) >= 11 is 0. The van der Waals surface area contributed by atoms with E-state index in [1.54, 1.807) is 0 Å². The van der Waals surface area contributed by atoms with Crippen LogP contribution in [0.25, 0.3) is 61.2 Å². The van der Waals surface area contributed by atoms with Gasteiger partial charge in [-0.1, -0.05) is 134 Å². The molecule has 1 aliphatic carbocycles. The molecule has 0 bridgehead atoms. The lowest BCUT2D eigenvalue weighted by Gasteiger charge is -2.26. The second-order valence-electron chi connectivity index (χ2n) is 18.8. The van der Waals surface area contributed by atoms with Crippen LogP contribution in [0, 0.1) is 0 Å². The topological polar surface area (TPSA) is 7.76 Å². The Labute approximate surface area is 333 Å². The summed E-state index contributed by atoms with van der Waals surface area (Å²) in [5, 5.41) is 2.68. The fourth-order valence-electron chi connectivity index (χ4n) is 9.28. The van der Waals surface area contributed by atoms with Crippen LogP contribution in [0.1, 0.15) is 88.8 Å². The highest BCUT2D eigenvalue weighted by atomic mass is 15.0. The minimum Gasteiger partial charge on any atom is -0.201 e. The maximum absolute atomic E-state index is 2.54. The Balaban J connectivity index is 1.20. The lowest BCUT2D eigenvalue weighted by atomic mass is 9.78. The van der Waals surface area contributed by atoms with Crippen molar-refractivity contribution in [2.24, 2.45) is 7.05 Å². The second-order valence-corrected chi connectivity index (χ2v) is 18.8. The van der Waals surface area contributed by atoms with E-state index in [9.17, 15) is 0 Å². The molecule has 0 fully saturated rings. The van der Waals surface area contributed by atoms with Gasteiger partial charge in [-0.15, -0.1) is 0 Å². The highest BCUT2D eigenvalue weighted by Gasteiger charge is 2.40. The summed E-state index contributed by atoms with van der Waals surface area (Å²) in [6.07, 6.45) is 8.76. The van der Waals surface area contributed by atoms with E-state index in [1.165, 1.54) is 94.6 Å². The fraction of sp³-hybridized carbons (Fsp3) is 0.259. The zero-order valence-electron chi connectivity index (χ0n) is 34.6. The molecule has 0 N–H and O–H groups in total. The van der Waals surface area contributed by atoms with Gasteiger partial charge >= 0.3 is 0 Å². The van der Waals surface area contributed by atoms with Crippen LogP contribution in [-0.4, -0.2) is 0 Å². The van der Waals surface area contributed by atoms with Crippen LogP contribution >= 0.6 is 0 Å². The van der Waals surface area contributed by atoms with E-state index in [-0.39, 0.29) is 16.2 Å². The lowest BCUT2D eigenvalue weighted by Crippen LogP contribution is -2.39. The van der Waals surface area contributed by atoms with Gasteiger partial charge in [-0.2, -0.15) is 4.57 Å². The number of hydrogen-bond donors (Lipinski definition) is 0. The predicted octanol–water partition coefficient (Wildman–Crippen LogP) is 12.5. The Morgan fingerprint density at radius 2 is 1.30 bits per heavy atom. The molecule has 3 heterocycles. The molecular formula is C54H54N2+2. The summed E-state index contributed by atoms with van der Waals surface area (Å²) in [6.45, 7) is 18.7. The molecule has 0 saturated heterocycles. The number of nitrogens with zero attached hydrogens (tertiary/aromatic N) is 2. The maximum Gasteiger partial charge on any atom is 0.218 e. The zero-order chi connectivity index (χ0) is 39.1. The molecule has 0 unspecified atom stereocenters. The van der Waals surface area contributed by atoms with Crippen LogP contribution in [0.5, 0.6) is 0 Å². The van der Waals surface area contributed by atoms with E-state index < -0.39 is 0 Å². The molecule has 278 valence electrons. The average Bonchev–Trinajstić information content (AvgIpc) is 3.41. The molecule has 2 aliphatic rings. The molecule has 0 radical (unpaired) electrons. The summed E-state index contributed by atoms with van der Waals surface area (Å²) in [5.74, 6) is 0. The van der Waals surface area contributed by atoms with Gasteiger partial charge in [-0.3, -0.25) is 0 Å². The van der Waals surface area contributed by atoms with E-state index in [1.807, 2.05) is 0 Å². The predicted molar refractivity (Wildman–Crippen MR) is 235 cm³/mol. The van der Waals surface area contributed by atoms with E-state index in [4.69, 9.17) is 0 Å². The first-order valence-electron chi connectivity index (χ1n) is 20.3. The summed E-state index contributed by atoms with van der Waals surface area (Å²) in [4.78, 5) is 0. The van der Waals surface area contributed by atoms with E-state index in [0.717, 1.165) is 12.8 Å². The number of rotatable bonds is 4. The number of hydrogen-bond acceptors (Lipinski definition) is 0. The molecule has 0 amide bonds. The molecule has 2 heteroatoms. The first-order valence-corrected chi connectivity index (χ1v) is 20.3. The Hall–Kier alpha value is -5.60. The number of aryl methyl sites for hydroxylation is 1. The van der Waals surface area contributed by atoms with Crippen molar-refractivity contribution >= 4 is 16.5 Å². The third-order valence-corrected chi connectivity index (χ3v) is 12.6. The van der Waals surface area contributed by atoms with Crippen LogP contribution in [-0.2, 0) is 36.1 Å². The molecule has 56 heavy (non-hydrogen) atoms. The molecule has 5 aromatic carbocycles. The van der Waals surface area contributed by atoms with Gasteiger partial charge in [0.1, 0.15) is 7.05 Å². The smallest absolute Gasteiger partial charge is 0.201 e. The quantitative estimate of drug-likeness (QED) is 0.159. The Morgan fingerprint density at radius 3 is 2.05 bits per heavy atom. The first kappa shape index (κ1) is 36.1. The van der Waals surface area contributed by atoms with Crippen LogP contribution < -0.4 is 9.13 Å². The monoisotopic (exact) mass is 730 g/mol. The van der Waals surface area contributed by atoms with Crippen molar-refractivity contribution in [3.8, 4) is 44.8 Å². The van der Waals surface area contributed by atoms with Crippen molar-refractivity contribution in [3.05, 3.63) is 173 Å². The maximum atomic E-state index is 2.54. The van der Waals surface area contributed by atoms with Gasteiger partial charge in [0.05, 0.1) is 17.5 Å². The molecule has 0 atom stereocenters. The number of allylic oxidation sites excluding steroid dienone is 2. The third kappa shape index (κ3) is 6.02. The summed E-state index contributed by atoms with van der Waals surface area (Å²) in [7, 11) is 2.18. The van der Waals surface area contributed by atoms with Crippen LogP contribution in [0.4, 0.5) is 0 Å². The van der Waals surface area contributed by atoms with E-state index >= 15 is 0 Å². The molecule has 2 aromatic heterocycles. The minimum atomic E-state index is -0.105. The Bertz CT molecular complexity index is 2730. The number of pyridine rings is 2. The van der Waals surface area contributed by atoms with Crippen molar-refractivity contribution in [2.75, 3.05) is 0 Å². The first-order chi connectivity index (χ1) is 26.7. The van der Waals surface area contributed by atoms with E-state index in [2.05, 4.69) is 211 Å². The molecule has 9 rings (SSSR count). The zero-order valence-corrected chi connectivity index (χ0v) is 34.6. The second kappa shape index (κ2) is 13.0. The molecule has 0 spiro atoms. The minimum absolute atomic E-state index is 0.0365. The molecular weight excluding hydrogens is 677 g/mol. The van der Waals surface area contributed by atoms with Gasteiger partial charge in [-0.25, -0.2) is 4.57 Å². The lowest BCUT2D eigenvalue weighted by molar-refractivity contribution is -0.660. The summed E-state index contributed by atoms with van der Waals surface area (Å²) < 4.78 is 4.76. The van der Waals surface area contributed by atoms with Gasteiger partial charge in [0.15, 0.2) is 18.1 Å². The standard InChI is InChI=1S/C54H54N2/c1-52(2,3)40-25-27-55(9)49(32-40)45-30-38(35-15-11-10-12-16-35)20-19-37(45)21-23-42-29-39-31-47-44-24-22-36-17-13-14-18-43(36)51(44)54(7,8)48(47)34-46(39)50-33-41(53(4,5)6)26-28-56(42)50/h10-20,22-28,30-34H,21,29H2,1-9H3/q+2/b42-23-. The molecule has 7 aromatic rings. The normalized spacial score (nSPS) is 15.1. The van der Waals surface area contributed by atoms with Gasteiger partial charge < -0.3 is 0 Å². The van der Waals surface area contributed by atoms with Crippen molar-refractivity contribution in [1.29, 1.82) is 0 Å². The Morgan fingerprint density at radius 1 is 0.607 bits per heavy atom. The largest absolute Gasteiger partial charge is 0.218 e.